The van der Waals surface area contributed by atoms with Gasteiger partial charge in [-0.3, -0.25) is 4.90 Å². The number of esters is 1. The van der Waals surface area contributed by atoms with Crippen molar-refractivity contribution in [2.75, 3.05) is 12.0 Å². The third-order valence-electron chi connectivity index (χ3n) is 7.56. The fourth-order valence-electron chi connectivity index (χ4n) is 5.31. The third kappa shape index (κ3) is 4.85. The Hall–Kier alpha value is -5.12. The normalized spacial score (nSPS) is 15.0. The lowest BCUT2D eigenvalue weighted by molar-refractivity contribution is -0.701. The number of rotatable bonds is 6. The van der Waals surface area contributed by atoms with E-state index in [1.165, 1.54) is 28.7 Å². The van der Waals surface area contributed by atoms with Crippen LogP contribution in [0.15, 0.2) is 70.9 Å². The number of aromatic amines is 1. The van der Waals surface area contributed by atoms with Gasteiger partial charge in [0.1, 0.15) is 18.4 Å². The molecule has 0 unspecified atom stereocenters. The number of aromatic nitrogens is 5. The summed E-state index contributed by atoms with van der Waals surface area (Å²) in [6.07, 6.45) is -0.317. The molecule has 42 heavy (non-hydrogen) atoms. The topological polar surface area (TPSA) is 113 Å². The number of benzene rings is 2. The molecule has 0 saturated heterocycles. The van der Waals surface area contributed by atoms with Gasteiger partial charge in [-0.25, -0.2) is 28.4 Å². The molecule has 0 spiro atoms. The standard InChI is InChI=1S/C29H26F3N7O3/c1-17-24(26(40)42-4)25(23-9-8-19(16-33)14-20(23)10-11-37-13-12-36(3)18(37)2)39-27(34-35-28(39)41)38(17)22-7-5-6-21(15-22)29(30,31)32/h5-9,12-15,25H,10-11H2,1-4H3/p+1/t25-/m1/s1. The summed E-state index contributed by atoms with van der Waals surface area (Å²) in [5.74, 6) is 0.233. The lowest BCUT2D eigenvalue weighted by Gasteiger charge is -2.36. The van der Waals surface area contributed by atoms with Crippen molar-refractivity contribution in [3.05, 3.63) is 105 Å². The zero-order valence-corrected chi connectivity index (χ0v) is 23.2. The number of anilines is 2. The zero-order valence-electron chi connectivity index (χ0n) is 23.2. The highest BCUT2D eigenvalue weighted by molar-refractivity contribution is 5.93. The second-order valence-corrected chi connectivity index (χ2v) is 9.90. The molecule has 5 rings (SSSR count). The maximum Gasteiger partial charge on any atom is 0.416 e. The molecule has 0 fully saturated rings. The van der Waals surface area contributed by atoms with Crippen LogP contribution in [0, 0.1) is 18.3 Å². The lowest BCUT2D eigenvalue weighted by Crippen LogP contribution is -2.39. The predicted octanol–water partition coefficient (Wildman–Crippen LogP) is 3.83. The summed E-state index contributed by atoms with van der Waals surface area (Å²) in [5, 5.41) is 16.2. The van der Waals surface area contributed by atoms with Crippen LogP contribution >= 0.6 is 0 Å². The van der Waals surface area contributed by atoms with Gasteiger partial charge in [0.2, 0.25) is 5.95 Å². The number of H-pyrrole nitrogens is 1. The number of halogens is 3. The molecule has 13 heteroatoms. The Labute approximate surface area is 238 Å². The molecule has 2 aromatic carbocycles. The number of hydrogen-bond donors (Lipinski definition) is 1. The molecule has 10 nitrogen and oxygen atoms in total. The molecule has 0 bridgehead atoms. The van der Waals surface area contributed by atoms with Crippen LogP contribution in [-0.2, 0) is 35.7 Å². The van der Waals surface area contributed by atoms with E-state index in [1.807, 2.05) is 35.5 Å². The molecular weight excluding hydrogens is 551 g/mol. The van der Waals surface area contributed by atoms with Crippen molar-refractivity contribution >= 4 is 17.6 Å². The first-order valence-electron chi connectivity index (χ1n) is 12.9. The number of hydrogen-bond acceptors (Lipinski definition) is 6. The Morgan fingerprint density at radius 2 is 1.98 bits per heavy atom. The Balaban J connectivity index is 1.72. The van der Waals surface area contributed by atoms with Crippen LogP contribution in [0.3, 0.4) is 0 Å². The van der Waals surface area contributed by atoms with Crippen LogP contribution < -0.4 is 15.2 Å². The first-order chi connectivity index (χ1) is 20.0. The second kappa shape index (κ2) is 10.7. The number of imidazole rings is 1. The quantitative estimate of drug-likeness (QED) is 0.275. The Kier molecular flexibility index (Phi) is 7.24. The van der Waals surface area contributed by atoms with Crippen LogP contribution in [-0.4, -0.2) is 32.4 Å². The molecule has 1 N–H and O–H groups in total. The highest BCUT2D eigenvalue weighted by Gasteiger charge is 2.41. The van der Waals surface area contributed by atoms with Crippen LogP contribution in [0.5, 0.6) is 0 Å². The van der Waals surface area contributed by atoms with Gasteiger partial charge in [-0.15, -0.1) is 5.10 Å². The number of carbonyl (C=O) groups is 1. The number of nitrogens with one attached hydrogen (secondary N) is 1. The number of alkyl halides is 3. The summed E-state index contributed by atoms with van der Waals surface area (Å²) in [5.41, 5.74) is 0.406. The van der Waals surface area contributed by atoms with Gasteiger partial charge in [0.05, 0.1) is 43.5 Å². The number of fused-ring (bicyclic) bond motifs is 1. The fourth-order valence-corrected chi connectivity index (χ4v) is 5.31. The van der Waals surface area contributed by atoms with Crippen LogP contribution in [0.2, 0.25) is 0 Å². The number of ether oxygens (including phenoxy) is 1. The van der Waals surface area contributed by atoms with Crippen molar-refractivity contribution in [2.24, 2.45) is 7.05 Å². The average molecular weight is 579 g/mol. The summed E-state index contributed by atoms with van der Waals surface area (Å²) < 4.78 is 51.1. The van der Waals surface area contributed by atoms with Crippen molar-refractivity contribution in [1.29, 1.82) is 5.26 Å². The largest absolute Gasteiger partial charge is 0.466 e. The SMILES string of the molecule is COC(=O)C1=C(C)N(c2cccc(C(F)(F)F)c2)c2n[nH]c(=O)n2[C@@H]1c1ccc(C#N)cc1CC[n+]1ccn(C)c1C. The highest BCUT2D eigenvalue weighted by atomic mass is 19.4. The van der Waals surface area contributed by atoms with Gasteiger partial charge in [-0.1, -0.05) is 12.1 Å². The van der Waals surface area contributed by atoms with E-state index < -0.39 is 29.4 Å². The summed E-state index contributed by atoms with van der Waals surface area (Å²) in [7, 11) is 3.12. The molecule has 1 aliphatic heterocycles. The Morgan fingerprint density at radius 3 is 2.62 bits per heavy atom. The number of allylic oxidation sites excluding steroid dienone is 1. The molecule has 0 amide bonds. The van der Waals surface area contributed by atoms with Gasteiger partial charge in [-0.2, -0.15) is 18.4 Å². The van der Waals surface area contributed by atoms with Gasteiger partial charge < -0.3 is 4.74 Å². The van der Waals surface area contributed by atoms with Crippen LogP contribution in [0.1, 0.15) is 41.0 Å². The molecular formula is C29H27F3N7O3+. The molecule has 2 aromatic heterocycles. The highest BCUT2D eigenvalue weighted by Crippen LogP contribution is 2.43. The summed E-state index contributed by atoms with van der Waals surface area (Å²) in [6, 6.07) is 10.6. The number of carbonyl (C=O) groups excluding carboxylic acids is 1. The van der Waals surface area contributed by atoms with E-state index in [0.29, 0.717) is 29.7 Å². The number of methoxy groups -OCH3 is 1. The van der Waals surface area contributed by atoms with Crippen molar-refractivity contribution in [1.82, 2.24) is 19.3 Å². The summed E-state index contributed by atoms with van der Waals surface area (Å²) >= 11 is 0. The number of nitrogens with zero attached hydrogens (tertiary/aromatic N) is 6. The molecule has 0 radical (unpaired) electrons. The van der Waals surface area contributed by atoms with Crippen LogP contribution in [0.4, 0.5) is 24.8 Å². The molecule has 4 aromatic rings. The van der Waals surface area contributed by atoms with Crippen LogP contribution in [0.25, 0.3) is 0 Å². The summed E-state index contributed by atoms with van der Waals surface area (Å²) in [6.45, 7) is 4.07. The second-order valence-electron chi connectivity index (χ2n) is 9.90. The number of aryl methyl sites for hydroxylation is 3. The van der Waals surface area contributed by atoms with Crippen molar-refractivity contribution < 1.29 is 27.3 Å². The minimum atomic E-state index is -4.62. The van der Waals surface area contributed by atoms with Crippen molar-refractivity contribution in [3.8, 4) is 6.07 Å². The molecule has 0 saturated carbocycles. The summed E-state index contributed by atoms with van der Waals surface area (Å²) in [4.78, 5) is 28.0. The third-order valence-corrected chi connectivity index (χ3v) is 7.56. The predicted molar refractivity (Wildman–Crippen MR) is 144 cm³/mol. The molecule has 1 atom stereocenters. The van der Waals surface area contributed by atoms with E-state index in [-0.39, 0.29) is 22.9 Å². The van der Waals surface area contributed by atoms with Crippen molar-refractivity contribution in [2.45, 2.75) is 39.0 Å². The minimum absolute atomic E-state index is 0.00179. The maximum absolute atomic E-state index is 13.6. The first-order valence-corrected chi connectivity index (χ1v) is 12.9. The monoisotopic (exact) mass is 578 g/mol. The van der Waals surface area contributed by atoms with Gasteiger partial charge in [0, 0.05) is 24.7 Å². The first kappa shape index (κ1) is 28.4. The smallest absolute Gasteiger partial charge is 0.416 e. The zero-order chi connectivity index (χ0) is 30.3. The lowest BCUT2D eigenvalue weighted by atomic mass is 9.89. The van der Waals surface area contributed by atoms with E-state index in [2.05, 4.69) is 16.3 Å². The molecule has 3 heterocycles. The molecule has 1 aliphatic rings. The van der Waals surface area contributed by atoms with Gasteiger partial charge in [0.15, 0.2) is 0 Å². The minimum Gasteiger partial charge on any atom is -0.466 e. The van der Waals surface area contributed by atoms with E-state index >= 15 is 0 Å². The molecule has 216 valence electrons. The van der Waals surface area contributed by atoms with Gasteiger partial charge in [0.25, 0.3) is 5.82 Å². The van der Waals surface area contributed by atoms with Crippen molar-refractivity contribution in [3.63, 3.8) is 0 Å². The fraction of sp³-hybridized carbons (Fsp3) is 0.276. The number of nitriles is 1. The Bertz CT molecular complexity index is 1820. The van der Waals surface area contributed by atoms with E-state index in [4.69, 9.17) is 4.74 Å². The van der Waals surface area contributed by atoms with E-state index in [1.54, 1.807) is 25.1 Å². The van der Waals surface area contributed by atoms with Gasteiger partial charge in [-0.05, 0) is 48.4 Å². The van der Waals surface area contributed by atoms with E-state index in [9.17, 15) is 28.0 Å². The maximum atomic E-state index is 13.6. The van der Waals surface area contributed by atoms with E-state index in [0.717, 1.165) is 18.0 Å². The molecule has 0 aliphatic carbocycles. The van der Waals surface area contributed by atoms with Gasteiger partial charge >= 0.3 is 17.8 Å². The Morgan fingerprint density at radius 1 is 1.21 bits per heavy atom. The average Bonchev–Trinajstić information content (AvgIpc) is 3.51.